The number of piperazine rings is 1. The van der Waals surface area contributed by atoms with E-state index >= 15 is 0 Å². The van der Waals surface area contributed by atoms with Crippen LogP contribution in [0.5, 0.6) is 0 Å². The first-order valence-corrected chi connectivity index (χ1v) is 6.56. The predicted octanol–water partition coefficient (Wildman–Crippen LogP) is 2.68. The molecular formula is C12H21ClN2O3. The third-order valence-corrected chi connectivity index (χ3v) is 3.07. The summed E-state index contributed by atoms with van der Waals surface area (Å²) in [6, 6.07) is -0.0312. The Morgan fingerprint density at radius 3 is 2.39 bits per heavy atom. The van der Waals surface area contributed by atoms with Crippen LogP contribution in [0, 0.1) is 0 Å². The lowest BCUT2D eigenvalue weighted by Gasteiger charge is -2.40. The monoisotopic (exact) mass is 276 g/mol. The maximum atomic E-state index is 12.0. The highest BCUT2D eigenvalue weighted by molar-refractivity contribution is 6.62. The Hall–Kier alpha value is -0.970. The van der Waals surface area contributed by atoms with Gasteiger partial charge in [0.25, 0.3) is 0 Å². The van der Waals surface area contributed by atoms with E-state index in [-0.39, 0.29) is 12.1 Å². The fourth-order valence-corrected chi connectivity index (χ4v) is 2.08. The van der Waals surface area contributed by atoms with Crippen molar-refractivity contribution in [3.8, 4) is 0 Å². The molecule has 1 unspecified atom stereocenters. The molecule has 104 valence electrons. The van der Waals surface area contributed by atoms with Gasteiger partial charge in [-0.2, -0.15) is 0 Å². The Morgan fingerprint density at radius 2 is 1.94 bits per heavy atom. The minimum absolute atomic E-state index is 0.0312. The number of nitrogens with zero attached hydrogens (tertiary/aromatic N) is 2. The van der Waals surface area contributed by atoms with Gasteiger partial charge < -0.3 is 14.5 Å². The summed E-state index contributed by atoms with van der Waals surface area (Å²) >= 11 is 5.46. The Kier molecular flexibility index (Phi) is 4.85. The number of hydrogen-bond donors (Lipinski definition) is 0. The molecule has 0 aromatic rings. The lowest BCUT2D eigenvalue weighted by Crippen LogP contribution is -2.56. The minimum atomic E-state index is -0.505. The van der Waals surface area contributed by atoms with Crippen molar-refractivity contribution in [3.05, 3.63) is 0 Å². The molecule has 1 fully saturated rings. The maximum absolute atomic E-state index is 12.0. The molecule has 0 aromatic heterocycles. The van der Waals surface area contributed by atoms with Gasteiger partial charge in [0.15, 0.2) is 0 Å². The van der Waals surface area contributed by atoms with Crippen LogP contribution in [0.15, 0.2) is 0 Å². The summed E-state index contributed by atoms with van der Waals surface area (Å²) in [5.41, 5.74) is -0.505. The molecule has 0 saturated carbocycles. The highest BCUT2D eigenvalue weighted by atomic mass is 35.5. The number of amides is 2. The Balaban J connectivity index is 2.67. The third-order valence-electron chi connectivity index (χ3n) is 2.83. The van der Waals surface area contributed by atoms with Gasteiger partial charge >= 0.3 is 11.5 Å². The van der Waals surface area contributed by atoms with Gasteiger partial charge in [0, 0.05) is 19.6 Å². The average molecular weight is 277 g/mol. The topological polar surface area (TPSA) is 49.9 Å². The summed E-state index contributed by atoms with van der Waals surface area (Å²) in [7, 11) is 0. The van der Waals surface area contributed by atoms with Gasteiger partial charge in [-0.25, -0.2) is 4.79 Å². The summed E-state index contributed by atoms with van der Waals surface area (Å²) in [4.78, 5) is 26.4. The molecule has 1 heterocycles. The van der Waals surface area contributed by atoms with Crippen molar-refractivity contribution in [2.45, 2.75) is 45.8 Å². The van der Waals surface area contributed by atoms with E-state index in [1.54, 1.807) is 9.80 Å². The number of halogens is 1. The van der Waals surface area contributed by atoms with Crippen LogP contribution in [0.4, 0.5) is 9.59 Å². The molecule has 0 N–H and O–H groups in total. The van der Waals surface area contributed by atoms with Crippen molar-refractivity contribution in [2.75, 3.05) is 19.6 Å². The molecule has 1 aliphatic rings. The van der Waals surface area contributed by atoms with E-state index in [9.17, 15) is 9.59 Å². The van der Waals surface area contributed by atoms with E-state index in [2.05, 4.69) is 0 Å². The number of rotatable bonds is 1. The van der Waals surface area contributed by atoms with Crippen molar-refractivity contribution in [2.24, 2.45) is 0 Å². The van der Waals surface area contributed by atoms with Crippen molar-refractivity contribution < 1.29 is 14.3 Å². The van der Waals surface area contributed by atoms with E-state index in [1.165, 1.54) is 0 Å². The van der Waals surface area contributed by atoms with Crippen LogP contribution in [0.2, 0.25) is 0 Å². The predicted molar refractivity (Wildman–Crippen MR) is 69.8 cm³/mol. The van der Waals surface area contributed by atoms with E-state index < -0.39 is 11.0 Å². The molecule has 1 rings (SSSR count). The molecule has 0 aromatic carbocycles. The largest absolute Gasteiger partial charge is 0.444 e. The van der Waals surface area contributed by atoms with Crippen molar-refractivity contribution in [3.63, 3.8) is 0 Å². The number of carbonyl (C=O) groups is 2. The first kappa shape index (κ1) is 15.1. The molecule has 1 aliphatic heterocycles. The van der Waals surface area contributed by atoms with Gasteiger partial charge in [0.2, 0.25) is 0 Å². The Morgan fingerprint density at radius 1 is 1.33 bits per heavy atom. The van der Waals surface area contributed by atoms with Crippen LogP contribution in [0.3, 0.4) is 0 Å². The molecule has 2 amide bonds. The summed E-state index contributed by atoms with van der Waals surface area (Å²) in [6.45, 7) is 8.88. The molecule has 18 heavy (non-hydrogen) atoms. The first-order chi connectivity index (χ1) is 8.24. The molecule has 1 saturated heterocycles. The molecule has 6 heteroatoms. The van der Waals surface area contributed by atoms with Crippen molar-refractivity contribution in [1.82, 2.24) is 9.80 Å². The van der Waals surface area contributed by atoms with E-state index in [1.807, 2.05) is 27.7 Å². The zero-order valence-electron chi connectivity index (χ0n) is 11.4. The molecule has 0 bridgehead atoms. The van der Waals surface area contributed by atoms with E-state index in [0.29, 0.717) is 19.6 Å². The van der Waals surface area contributed by atoms with Gasteiger partial charge in [-0.05, 0) is 38.8 Å². The molecule has 0 radical (unpaired) electrons. The van der Waals surface area contributed by atoms with Gasteiger partial charge in [0.05, 0.1) is 6.04 Å². The molecule has 5 nitrogen and oxygen atoms in total. The quantitative estimate of drug-likeness (QED) is 0.546. The standard InChI is InChI=1S/C12H21ClN2O3/c1-5-9-8-14(10(13)16)6-7-15(9)11(17)18-12(2,3)4/h9H,5-8H2,1-4H3. The third kappa shape index (κ3) is 4.05. The lowest BCUT2D eigenvalue weighted by atomic mass is 10.1. The number of hydrogen-bond acceptors (Lipinski definition) is 3. The fourth-order valence-electron chi connectivity index (χ4n) is 1.93. The summed E-state index contributed by atoms with van der Waals surface area (Å²) in [6.07, 6.45) is 0.441. The summed E-state index contributed by atoms with van der Waals surface area (Å²) in [5.74, 6) is 0. The second kappa shape index (κ2) is 5.78. The SMILES string of the molecule is CCC1CN(C(=O)Cl)CCN1C(=O)OC(C)(C)C. The summed E-state index contributed by atoms with van der Waals surface area (Å²) < 4.78 is 5.36. The van der Waals surface area contributed by atoms with Gasteiger partial charge in [-0.1, -0.05) is 6.92 Å². The van der Waals surface area contributed by atoms with Crippen molar-refractivity contribution in [1.29, 1.82) is 0 Å². The Bertz CT molecular complexity index is 328. The van der Waals surface area contributed by atoms with E-state index in [0.717, 1.165) is 6.42 Å². The number of carbonyl (C=O) groups excluding carboxylic acids is 2. The van der Waals surface area contributed by atoms with Gasteiger partial charge in [-0.15, -0.1) is 0 Å². The lowest BCUT2D eigenvalue weighted by molar-refractivity contribution is 0.00326. The smallest absolute Gasteiger partial charge is 0.410 e. The minimum Gasteiger partial charge on any atom is -0.444 e. The molecular weight excluding hydrogens is 256 g/mol. The van der Waals surface area contributed by atoms with E-state index in [4.69, 9.17) is 16.3 Å². The zero-order chi connectivity index (χ0) is 13.9. The second-order valence-electron chi connectivity index (χ2n) is 5.43. The zero-order valence-corrected chi connectivity index (χ0v) is 12.2. The second-order valence-corrected chi connectivity index (χ2v) is 5.76. The molecule has 0 aliphatic carbocycles. The van der Waals surface area contributed by atoms with Gasteiger partial charge in [-0.3, -0.25) is 4.79 Å². The average Bonchev–Trinajstić information content (AvgIpc) is 2.25. The number of ether oxygens (including phenoxy) is 1. The highest BCUT2D eigenvalue weighted by Crippen LogP contribution is 2.18. The van der Waals surface area contributed by atoms with Crippen LogP contribution in [-0.2, 0) is 4.74 Å². The van der Waals surface area contributed by atoms with Crippen LogP contribution in [-0.4, -0.2) is 52.5 Å². The normalized spacial score (nSPS) is 20.8. The van der Waals surface area contributed by atoms with Crippen LogP contribution < -0.4 is 0 Å². The van der Waals surface area contributed by atoms with Crippen LogP contribution >= 0.6 is 11.6 Å². The van der Waals surface area contributed by atoms with Crippen LogP contribution in [0.25, 0.3) is 0 Å². The summed E-state index contributed by atoms with van der Waals surface area (Å²) in [5, 5.41) is -0.461. The Labute approximate surface area is 113 Å². The first-order valence-electron chi connectivity index (χ1n) is 6.18. The van der Waals surface area contributed by atoms with Crippen LogP contribution in [0.1, 0.15) is 34.1 Å². The highest BCUT2D eigenvalue weighted by Gasteiger charge is 2.33. The maximum Gasteiger partial charge on any atom is 0.410 e. The molecule has 0 spiro atoms. The van der Waals surface area contributed by atoms with Crippen molar-refractivity contribution >= 4 is 23.1 Å². The fraction of sp³-hybridized carbons (Fsp3) is 0.833. The van der Waals surface area contributed by atoms with Gasteiger partial charge in [0.1, 0.15) is 5.60 Å². The molecule has 1 atom stereocenters.